The zero-order valence-corrected chi connectivity index (χ0v) is 32.6. The summed E-state index contributed by atoms with van der Waals surface area (Å²) in [5, 5.41) is 5.20. The molecule has 3 heteroatoms. The van der Waals surface area contributed by atoms with Crippen LogP contribution in [0, 0.1) is 0 Å². The molecule has 0 aliphatic rings. The maximum atomic E-state index is 2.51. The van der Waals surface area contributed by atoms with E-state index in [1.165, 1.54) is 84.9 Å². The molecule has 11 rings (SSSR count). The molecule has 2 aromatic heterocycles. The van der Waals surface area contributed by atoms with E-state index in [4.69, 9.17) is 0 Å². The van der Waals surface area contributed by atoms with Gasteiger partial charge in [-0.3, -0.25) is 0 Å². The first-order valence-corrected chi connectivity index (χ1v) is 21.0. The van der Waals surface area contributed by atoms with Gasteiger partial charge in [-0.25, -0.2) is 0 Å². The van der Waals surface area contributed by atoms with Crippen LogP contribution in [0.25, 0.3) is 84.9 Å². The predicted molar refractivity (Wildman–Crippen MR) is 249 cm³/mol. The van der Waals surface area contributed by atoms with Crippen molar-refractivity contribution in [3.8, 4) is 44.5 Å². The van der Waals surface area contributed by atoms with E-state index in [0.717, 1.165) is 17.1 Å². The molecule has 0 bridgehead atoms. The van der Waals surface area contributed by atoms with E-state index in [9.17, 15) is 0 Å². The summed E-state index contributed by atoms with van der Waals surface area (Å²) < 4.78 is 5.21. The van der Waals surface area contributed by atoms with Gasteiger partial charge in [0.2, 0.25) is 0 Å². The first kappa shape index (κ1) is 33.5. The molecule has 9 aromatic carbocycles. The van der Waals surface area contributed by atoms with E-state index in [1.54, 1.807) is 0 Å². The van der Waals surface area contributed by atoms with E-state index in [-0.39, 0.29) is 0 Å². The molecule has 11 aromatic rings. The molecule has 0 spiro atoms. The Bertz CT molecular complexity index is 3230. The number of anilines is 3. The summed E-state index contributed by atoms with van der Waals surface area (Å²) in [5.74, 6) is 0. The number of rotatable bonds is 7. The van der Waals surface area contributed by atoms with Crippen LogP contribution >= 0.6 is 22.7 Å². The highest BCUT2D eigenvalue weighted by Crippen LogP contribution is 2.51. The van der Waals surface area contributed by atoms with Crippen LogP contribution < -0.4 is 4.90 Å². The molecule has 1 nitrogen and oxygen atoms in total. The molecule has 57 heavy (non-hydrogen) atoms. The molecule has 0 aliphatic heterocycles. The maximum Gasteiger partial charge on any atom is 0.0640 e. The first-order valence-electron chi connectivity index (χ1n) is 19.3. The van der Waals surface area contributed by atoms with Crippen LogP contribution in [0.1, 0.15) is 0 Å². The van der Waals surface area contributed by atoms with Crippen molar-refractivity contribution < 1.29 is 0 Å². The zero-order chi connectivity index (χ0) is 37.7. The Morgan fingerprint density at radius 2 is 0.737 bits per heavy atom. The van der Waals surface area contributed by atoms with Gasteiger partial charge in [-0.1, -0.05) is 176 Å². The fourth-order valence-electron chi connectivity index (χ4n) is 8.52. The number of hydrogen-bond acceptors (Lipinski definition) is 3. The van der Waals surface area contributed by atoms with Crippen molar-refractivity contribution in [1.82, 2.24) is 0 Å². The maximum absolute atomic E-state index is 2.51. The Morgan fingerprint density at radius 3 is 1.44 bits per heavy atom. The minimum atomic E-state index is 1.11. The van der Waals surface area contributed by atoms with Crippen LogP contribution in [-0.2, 0) is 0 Å². The highest BCUT2D eigenvalue weighted by Gasteiger charge is 2.25. The lowest BCUT2D eigenvalue weighted by Gasteiger charge is -2.30. The molecule has 0 saturated carbocycles. The summed E-state index contributed by atoms with van der Waals surface area (Å²) in [7, 11) is 0. The molecular formula is C54H35NS2. The monoisotopic (exact) mass is 761 g/mol. The number of fused-ring (bicyclic) bond motifs is 6. The zero-order valence-electron chi connectivity index (χ0n) is 31.0. The van der Waals surface area contributed by atoms with Gasteiger partial charge in [0.25, 0.3) is 0 Å². The van der Waals surface area contributed by atoms with Gasteiger partial charge >= 0.3 is 0 Å². The van der Waals surface area contributed by atoms with Gasteiger partial charge in [-0.15, -0.1) is 22.7 Å². The van der Waals surface area contributed by atoms with E-state index in [0.29, 0.717) is 0 Å². The van der Waals surface area contributed by atoms with Crippen molar-refractivity contribution in [3.05, 3.63) is 212 Å². The van der Waals surface area contributed by atoms with E-state index >= 15 is 0 Å². The molecular weight excluding hydrogens is 727 g/mol. The normalized spacial score (nSPS) is 11.5. The number of hydrogen-bond donors (Lipinski definition) is 0. The topological polar surface area (TPSA) is 3.24 Å². The second-order valence-electron chi connectivity index (χ2n) is 14.4. The highest BCUT2D eigenvalue weighted by molar-refractivity contribution is 7.26. The van der Waals surface area contributed by atoms with Gasteiger partial charge in [0.1, 0.15) is 0 Å². The predicted octanol–water partition coefficient (Wildman–Crippen LogP) is 16.6. The molecule has 0 atom stereocenters. The SMILES string of the molecule is c1ccc(-c2ccccc2-c2c(-c3ccccc3)cccc2N(c2ccc(-c3cccc4c3sc3ccccc34)cc2)c2cccc3c2sc2ccccc23)cc1. The Balaban J connectivity index is 1.18. The largest absolute Gasteiger partial charge is 0.308 e. The summed E-state index contributed by atoms with van der Waals surface area (Å²) in [6, 6.07) is 77.6. The molecule has 0 amide bonds. The molecule has 0 radical (unpaired) electrons. The fourth-order valence-corrected chi connectivity index (χ4v) is 11.0. The van der Waals surface area contributed by atoms with Crippen molar-refractivity contribution in [2.24, 2.45) is 0 Å². The highest BCUT2D eigenvalue weighted by atomic mass is 32.1. The van der Waals surface area contributed by atoms with Gasteiger partial charge in [0.15, 0.2) is 0 Å². The Kier molecular flexibility index (Phi) is 8.28. The van der Waals surface area contributed by atoms with Gasteiger partial charge in [0.05, 0.1) is 16.1 Å². The molecule has 0 unspecified atom stereocenters. The van der Waals surface area contributed by atoms with Crippen molar-refractivity contribution >= 4 is 80.1 Å². The minimum absolute atomic E-state index is 1.11. The summed E-state index contributed by atoms with van der Waals surface area (Å²) in [4.78, 5) is 2.51. The molecule has 0 aliphatic carbocycles. The Hall–Kier alpha value is -6.78. The first-order chi connectivity index (χ1) is 28.3. The lowest BCUT2D eigenvalue weighted by Crippen LogP contribution is -2.12. The van der Waals surface area contributed by atoms with Crippen molar-refractivity contribution in [1.29, 1.82) is 0 Å². The van der Waals surface area contributed by atoms with E-state index in [2.05, 4.69) is 217 Å². The average molecular weight is 762 g/mol. The third kappa shape index (κ3) is 5.74. The lowest BCUT2D eigenvalue weighted by atomic mass is 9.87. The summed E-state index contributed by atoms with van der Waals surface area (Å²) in [5.41, 5.74) is 13.0. The number of nitrogens with zero attached hydrogens (tertiary/aromatic N) is 1. The van der Waals surface area contributed by atoms with Gasteiger partial charge in [-0.2, -0.15) is 0 Å². The fraction of sp³-hybridized carbons (Fsp3) is 0. The van der Waals surface area contributed by atoms with Gasteiger partial charge < -0.3 is 4.90 Å². The second-order valence-corrected chi connectivity index (χ2v) is 16.5. The van der Waals surface area contributed by atoms with Crippen molar-refractivity contribution in [2.75, 3.05) is 4.90 Å². The van der Waals surface area contributed by atoms with Crippen molar-refractivity contribution in [3.63, 3.8) is 0 Å². The third-order valence-electron chi connectivity index (χ3n) is 11.1. The Morgan fingerprint density at radius 1 is 0.281 bits per heavy atom. The van der Waals surface area contributed by atoms with Gasteiger partial charge in [-0.05, 0) is 75.3 Å². The molecule has 0 saturated heterocycles. The van der Waals surface area contributed by atoms with Crippen molar-refractivity contribution in [2.45, 2.75) is 0 Å². The summed E-state index contributed by atoms with van der Waals surface area (Å²) in [6.45, 7) is 0. The van der Waals surface area contributed by atoms with E-state index in [1.807, 2.05) is 22.7 Å². The van der Waals surface area contributed by atoms with Crippen LogP contribution in [0.3, 0.4) is 0 Å². The quantitative estimate of drug-likeness (QED) is 0.156. The van der Waals surface area contributed by atoms with E-state index < -0.39 is 0 Å². The van der Waals surface area contributed by atoms with Crippen LogP contribution in [0.2, 0.25) is 0 Å². The summed E-state index contributed by atoms with van der Waals surface area (Å²) >= 11 is 3.75. The van der Waals surface area contributed by atoms with Crippen LogP contribution in [-0.4, -0.2) is 0 Å². The number of thiophene rings is 2. The van der Waals surface area contributed by atoms with Crippen LogP contribution in [0.4, 0.5) is 17.1 Å². The molecule has 2 heterocycles. The smallest absolute Gasteiger partial charge is 0.0640 e. The lowest BCUT2D eigenvalue weighted by molar-refractivity contribution is 1.30. The average Bonchev–Trinajstić information content (AvgIpc) is 3.87. The third-order valence-corrected chi connectivity index (χ3v) is 13.5. The summed E-state index contributed by atoms with van der Waals surface area (Å²) in [6.07, 6.45) is 0. The van der Waals surface area contributed by atoms with Crippen LogP contribution in [0.5, 0.6) is 0 Å². The molecule has 268 valence electrons. The second kappa shape index (κ2) is 14.1. The number of benzene rings is 9. The molecule has 0 fully saturated rings. The molecule has 0 N–H and O–H groups in total. The van der Waals surface area contributed by atoms with Crippen LogP contribution in [0.15, 0.2) is 212 Å². The minimum Gasteiger partial charge on any atom is -0.308 e. The van der Waals surface area contributed by atoms with Gasteiger partial charge in [0, 0.05) is 46.9 Å². The Labute approximate surface area is 340 Å². The standard InChI is InChI=1S/C54H35NS2/c1-3-16-36(17-4-1)40-20-7-8-23-45(40)52-41(37-18-5-2-6-19-37)24-14-28-48(52)55(49-29-15-27-47-44-22-10-12-31-51(44)57-54(47)49)39-34-32-38(33-35-39)42-25-13-26-46-43-21-9-11-30-50(43)56-53(42)46/h1-35H.